The summed E-state index contributed by atoms with van der Waals surface area (Å²) in [6, 6.07) is 0.377. The molecule has 2 unspecified atom stereocenters. The Morgan fingerprint density at radius 2 is 1.88 bits per heavy atom. The van der Waals surface area contributed by atoms with E-state index in [9.17, 15) is 13.2 Å². The molecule has 2 atom stereocenters. The van der Waals surface area contributed by atoms with Crippen LogP contribution in [0.4, 0.5) is 13.2 Å². The van der Waals surface area contributed by atoms with E-state index in [-0.39, 0.29) is 6.42 Å². The smallest absolute Gasteiger partial charge is 0.330 e. The van der Waals surface area contributed by atoms with Crippen molar-refractivity contribution in [2.45, 2.75) is 50.7 Å². The van der Waals surface area contributed by atoms with Crippen molar-refractivity contribution in [3.8, 4) is 0 Å². The highest BCUT2D eigenvalue weighted by molar-refractivity contribution is 4.82. The van der Waals surface area contributed by atoms with Crippen LogP contribution in [0.1, 0.15) is 38.5 Å². The SMILES string of the molecule is CN(CCCC(F)(F)F)C1CCCCC1CN. The van der Waals surface area contributed by atoms with Crippen LogP contribution in [0.15, 0.2) is 0 Å². The number of halogens is 3. The first-order chi connectivity index (χ1) is 7.94. The van der Waals surface area contributed by atoms with E-state index in [0.29, 0.717) is 25.0 Å². The number of nitrogens with two attached hydrogens (primary N) is 1. The van der Waals surface area contributed by atoms with Gasteiger partial charge < -0.3 is 10.6 Å². The Hall–Kier alpha value is -0.290. The van der Waals surface area contributed by atoms with E-state index in [2.05, 4.69) is 4.90 Å². The van der Waals surface area contributed by atoms with E-state index in [1.807, 2.05) is 7.05 Å². The molecule has 0 spiro atoms. The number of hydrogen-bond acceptors (Lipinski definition) is 2. The van der Waals surface area contributed by atoms with Crippen molar-refractivity contribution in [2.24, 2.45) is 11.7 Å². The Morgan fingerprint density at radius 1 is 1.24 bits per heavy atom. The van der Waals surface area contributed by atoms with Crippen molar-refractivity contribution in [2.75, 3.05) is 20.1 Å². The minimum Gasteiger partial charge on any atom is -0.330 e. The number of rotatable bonds is 5. The molecule has 17 heavy (non-hydrogen) atoms. The second kappa shape index (κ2) is 6.59. The molecule has 0 aromatic heterocycles. The van der Waals surface area contributed by atoms with Crippen molar-refractivity contribution in [1.29, 1.82) is 0 Å². The fraction of sp³-hybridized carbons (Fsp3) is 1.00. The van der Waals surface area contributed by atoms with Gasteiger partial charge in [0.2, 0.25) is 0 Å². The number of alkyl halides is 3. The van der Waals surface area contributed by atoms with Crippen LogP contribution in [0, 0.1) is 5.92 Å². The first-order valence-corrected chi connectivity index (χ1v) is 6.41. The molecule has 1 aliphatic carbocycles. The first kappa shape index (κ1) is 14.8. The van der Waals surface area contributed by atoms with Gasteiger partial charge in [0.05, 0.1) is 0 Å². The molecule has 0 radical (unpaired) electrons. The van der Waals surface area contributed by atoms with Gasteiger partial charge in [-0.15, -0.1) is 0 Å². The monoisotopic (exact) mass is 252 g/mol. The molecule has 0 amide bonds. The Morgan fingerprint density at radius 3 is 2.47 bits per heavy atom. The molecule has 1 aliphatic rings. The molecule has 1 saturated carbocycles. The zero-order valence-electron chi connectivity index (χ0n) is 10.5. The van der Waals surface area contributed by atoms with Gasteiger partial charge in [-0.25, -0.2) is 0 Å². The molecule has 0 bridgehead atoms. The maximum Gasteiger partial charge on any atom is 0.389 e. The van der Waals surface area contributed by atoms with Crippen molar-refractivity contribution >= 4 is 0 Å². The third kappa shape index (κ3) is 5.25. The average Bonchev–Trinajstić information content (AvgIpc) is 2.27. The second-order valence-corrected chi connectivity index (χ2v) is 5.05. The Bertz CT molecular complexity index is 218. The summed E-state index contributed by atoms with van der Waals surface area (Å²) in [4.78, 5) is 2.07. The Balaban J connectivity index is 2.32. The van der Waals surface area contributed by atoms with Gasteiger partial charge in [-0.1, -0.05) is 12.8 Å². The average molecular weight is 252 g/mol. The van der Waals surface area contributed by atoms with Crippen LogP contribution in [-0.2, 0) is 0 Å². The lowest BCUT2D eigenvalue weighted by Gasteiger charge is -2.37. The Labute approximate surface area is 101 Å². The van der Waals surface area contributed by atoms with Gasteiger partial charge in [-0.2, -0.15) is 13.2 Å². The normalized spacial score (nSPS) is 26.5. The standard InChI is InChI=1S/C12H23F3N2/c1-17(8-4-7-12(13,14)15)11-6-3-2-5-10(11)9-16/h10-11H,2-9,16H2,1H3. The van der Waals surface area contributed by atoms with E-state index in [0.717, 1.165) is 12.8 Å². The second-order valence-electron chi connectivity index (χ2n) is 5.05. The minimum absolute atomic E-state index is 0.188. The maximum atomic E-state index is 12.1. The molecule has 2 nitrogen and oxygen atoms in total. The van der Waals surface area contributed by atoms with Crippen LogP contribution in [-0.4, -0.2) is 37.3 Å². The highest BCUT2D eigenvalue weighted by Crippen LogP contribution is 2.28. The molecule has 1 rings (SSSR count). The quantitative estimate of drug-likeness (QED) is 0.815. The maximum absolute atomic E-state index is 12.1. The predicted molar refractivity (Wildman–Crippen MR) is 62.7 cm³/mol. The molecule has 0 heterocycles. The van der Waals surface area contributed by atoms with Gasteiger partial charge >= 0.3 is 6.18 Å². The molecule has 2 N–H and O–H groups in total. The van der Waals surface area contributed by atoms with Gasteiger partial charge in [0.25, 0.3) is 0 Å². The summed E-state index contributed by atoms with van der Waals surface area (Å²) < 4.78 is 36.2. The van der Waals surface area contributed by atoms with Gasteiger partial charge in [0, 0.05) is 12.5 Å². The van der Waals surface area contributed by atoms with Crippen molar-refractivity contribution in [1.82, 2.24) is 4.90 Å². The summed E-state index contributed by atoms with van der Waals surface area (Å²) in [6.45, 7) is 1.16. The molecular formula is C12H23F3N2. The highest BCUT2D eigenvalue weighted by Gasteiger charge is 2.29. The largest absolute Gasteiger partial charge is 0.389 e. The lowest BCUT2D eigenvalue weighted by Crippen LogP contribution is -2.43. The van der Waals surface area contributed by atoms with Gasteiger partial charge in [-0.3, -0.25) is 0 Å². The molecule has 0 aromatic rings. The highest BCUT2D eigenvalue weighted by atomic mass is 19.4. The lowest BCUT2D eigenvalue weighted by molar-refractivity contribution is -0.136. The fourth-order valence-corrected chi connectivity index (χ4v) is 2.74. The molecule has 5 heteroatoms. The molecule has 102 valence electrons. The number of hydrogen-bond donors (Lipinski definition) is 1. The fourth-order valence-electron chi connectivity index (χ4n) is 2.74. The van der Waals surface area contributed by atoms with Crippen molar-refractivity contribution < 1.29 is 13.2 Å². The van der Waals surface area contributed by atoms with E-state index >= 15 is 0 Å². The summed E-state index contributed by atoms with van der Waals surface area (Å²) in [7, 11) is 1.93. The van der Waals surface area contributed by atoms with Crippen LogP contribution in [0.25, 0.3) is 0 Å². The summed E-state index contributed by atoms with van der Waals surface area (Å²) in [5.41, 5.74) is 5.72. The molecule has 0 saturated heterocycles. The van der Waals surface area contributed by atoms with Gasteiger partial charge in [0.15, 0.2) is 0 Å². The molecule has 1 fully saturated rings. The summed E-state index contributed by atoms with van der Waals surface area (Å²) in [6.07, 6.45) is 0.0422. The molecular weight excluding hydrogens is 229 g/mol. The van der Waals surface area contributed by atoms with Crippen LogP contribution in [0.3, 0.4) is 0 Å². The summed E-state index contributed by atoms with van der Waals surface area (Å²) in [5.74, 6) is 0.458. The third-order valence-electron chi connectivity index (χ3n) is 3.71. The van der Waals surface area contributed by atoms with Crippen LogP contribution < -0.4 is 5.73 Å². The van der Waals surface area contributed by atoms with E-state index in [4.69, 9.17) is 5.73 Å². The topological polar surface area (TPSA) is 29.3 Å². The van der Waals surface area contributed by atoms with E-state index < -0.39 is 12.6 Å². The zero-order chi connectivity index (χ0) is 12.9. The van der Waals surface area contributed by atoms with Crippen LogP contribution in [0.2, 0.25) is 0 Å². The van der Waals surface area contributed by atoms with Gasteiger partial charge in [-0.05, 0) is 45.3 Å². The zero-order valence-corrected chi connectivity index (χ0v) is 10.5. The van der Waals surface area contributed by atoms with Gasteiger partial charge in [0.1, 0.15) is 0 Å². The Kier molecular flexibility index (Phi) is 5.73. The summed E-state index contributed by atoms with van der Waals surface area (Å²) >= 11 is 0. The van der Waals surface area contributed by atoms with E-state index in [1.165, 1.54) is 12.8 Å². The predicted octanol–water partition coefficient (Wildman–Crippen LogP) is 2.78. The third-order valence-corrected chi connectivity index (χ3v) is 3.71. The van der Waals surface area contributed by atoms with Crippen LogP contribution >= 0.6 is 0 Å². The first-order valence-electron chi connectivity index (χ1n) is 6.41. The number of nitrogens with zero attached hydrogens (tertiary/aromatic N) is 1. The summed E-state index contributed by atoms with van der Waals surface area (Å²) in [5, 5.41) is 0. The van der Waals surface area contributed by atoms with E-state index in [1.54, 1.807) is 0 Å². The van der Waals surface area contributed by atoms with Crippen molar-refractivity contribution in [3.63, 3.8) is 0 Å². The lowest BCUT2D eigenvalue weighted by atomic mass is 9.83. The van der Waals surface area contributed by atoms with Crippen LogP contribution in [0.5, 0.6) is 0 Å². The van der Waals surface area contributed by atoms with Crippen molar-refractivity contribution in [3.05, 3.63) is 0 Å². The molecule has 0 aromatic carbocycles. The molecule has 0 aliphatic heterocycles. The minimum atomic E-state index is -4.03.